The quantitative estimate of drug-likeness (QED) is 0.0261. The molecule has 0 aliphatic rings. The first kappa shape index (κ1) is 70.8. The van der Waals surface area contributed by atoms with Crippen molar-refractivity contribution in [2.75, 3.05) is 13.2 Å². The fourth-order valence-corrected chi connectivity index (χ4v) is 8.34. The molecular weight excluding hydrogens is 925 g/mol. The Hall–Kier alpha value is -4.19. The van der Waals surface area contributed by atoms with Crippen molar-refractivity contribution in [3.8, 4) is 0 Å². The molecule has 426 valence electrons. The summed E-state index contributed by atoms with van der Waals surface area (Å²) >= 11 is 0. The van der Waals surface area contributed by atoms with Gasteiger partial charge in [-0.2, -0.15) is 0 Å². The molecule has 0 saturated heterocycles. The summed E-state index contributed by atoms with van der Waals surface area (Å²) in [7, 11) is 0. The third-order valence-electron chi connectivity index (χ3n) is 12.9. The topological polar surface area (TPSA) is 78.9 Å². The van der Waals surface area contributed by atoms with E-state index in [9.17, 15) is 14.4 Å². The van der Waals surface area contributed by atoms with Crippen molar-refractivity contribution in [1.82, 2.24) is 0 Å². The fraction of sp³-hybridized carbons (Fsp3) is 0.667. The van der Waals surface area contributed by atoms with Gasteiger partial charge in [-0.1, -0.05) is 251 Å². The van der Waals surface area contributed by atoms with Crippen LogP contribution in [0.25, 0.3) is 0 Å². The molecule has 1 unspecified atom stereocenters. The number of carbonyl (C=O) groups excluding carboxylic acids is 3. The zero-order chi connectivity index (χ0) is 54.3. The van der Waals surface area contributed by atoms with E-state index >= 15 is 0 Å². The van der Waals surface area contributed by atoms with E-state index in [0.29, 0.717) is 19.3 Å². The Morgan fingerprint density at radius 1 is 0.280 bits per heavy atom. The van der Waals surface area contributed by atoms with Gasteiger partial charge in [-0.25, -0.2) is 0 Å². The lowest BCUT2D eigenvalue weighted by molar-refractivity contribution is -0.167. The van der Waals surface area contributed by atoms with Crippen molar-refractivity contribution in [2.45, 2.75) is 284 Å². The van der Waals surface area contributed by atoms with Crippen LogP contribution in [-0.4, -0.2) is 37.2 Å². The molecule has 0 aromatic carbocycles. The largest absolute Gasteiger partial charge is 0.462 e. The van der Waals surface area contributed by atoms with Gasteiger partial charge < -0.3 is 14.2 Å². The van der Waals surface area contributed by atoms with Crippen molar-refractivity contribution in [1.29, 1.82) is 0 Å². The van der Waals surface area contributed by atoms with Crippen molar-refractivity contribution in [2.24, 2.45) is 0 Å². The van der Waals surface area contributed by atoms with E-state index in [1.807, 2.05) is 0 Å². The highest BCUT2D eigenvalue weighted by molar-refractivity contribution is 5.71. The van der Waals surface area contributed by atoms with Gasteiger partial charge in [0.2, 0.25) is 0 Å². The molecule has 0 aliphatic carbocycles. The SMILES string of the molecule is CC/C=C\C/C=C\C/C=C\C/C=C\CCCCCCCCCCC(=O)OCC(COC(=O)CCCCCCC/C=C\C/C=C\CCCCC)OC(=O)CCCCCCCCCC/C=C\C/C=C\C/C=C\C/C=C\CC. The molecule has 0 bridgehead atoms. The maximum absolute atomic E-state index is 12.9. The molecule has 0 fully saturated rings. The smallest absolute Gasteiger partial charge is 0.306 e. The third-order valence-corrected chi connectivity index (χ3v) is 12.9. The second-order valence-electron chi connectivity index (χ2n) is 20.2. The molecule has 0 aromatic heterocycles. The van der Waals surface area contributed by atoms with Crippen LogP contribution < -0.4 is 0 Å². The van der Waals surface area contributed by atoms with Crippen molar-refractivity contribution < 1.29 is 28.6 Å². The highest BCUT2D eigenvalue weighted by Crippen LogP contribution is 2.15. The maximum Gasteiger partial charge on any atom is 0.306 e. The molecule has 0 aliphatic heterocycles. The van der Waals surface area contributed by atoms with Crippen LogP contribution >= 0.6 is 0 Å². The van der Waals surface area contributed by atoms with Crippen LogP contribution in [-0.2, 0) is 28.6 Å². The second-order valence-corrected chi connectivity index (χ2v) is 20.2. The molecular formula is C69H114O6. The van der Waals surface area contributed by atoms with Crippen LogP contribution in [0, 0.1) is 0 Å². The van der Waals surface area contributed by atoms with E-state index < -0.39 is 6.10 Å². The Morgan fingerprint density at radius 2 is 0.520 bits per heavy atom. The van der Waals surface area contributed by atoms with Crippen LogP contribution in [0.4, 0.5) is 0 Å². The zero-order valence-electron chi connectivity index (χ0n) is 48.8. The van der Waals surface area contributed by atoms with Crippen LogP contribution in [0.5, 0.6) is 0 Å². The highest BCUT2D eigenvalue weighted by Gasteiger charge is 2.19. The summed E-state index contributed by atoms with van der Waals surface area (Å²) in [5, 5.41) is 0. The Kier molecular flexibility index (Phi) is 58.9. The summed E-state index contributed by atoms with van der Waals surface area (Å²) in [4.78, 5) is 38.3. The molecule has 0 aromatic rings. The molecule has 0 spiro atoms. The van der Waals surface area contributed by atoms with Crippen LogP contribution in [0.15, 0.2) is 122 Å². The van der Waals surface area contributed by atoms with E-state index in [4.69, 9.17) is 14.2 Å². The minimum atomic E-state index is -0.797. The summed E-state index contributed by atoms with van der Waals surface area (Å²) in [6, 6.07) is 0. The first-order valence-electron chi connectivity index (χ1n) is 31.0. The monoisotopic (exact) mass is 1040 g/mol. The molecule has 75 heavy (non-hydrogen) atoms. The Balaban J connectivity index is 4.43. The van der Waals surface area contributed by atoms with E-state index in [1.54, 1.807) is 0 Å². The number of ether oxygens (including phenoxy) is 3. The molecule has 6 nitrogen and oxygen atoms in total. The number of rotatable bonds is 55. The number of esters is 3. The van der Waals surface area contributed by atoms with Gasteiger partial charge in [0.15, 0.2) is 6.10 Å². The number of allylic oxidation sites excluding steroid dienone is 20. The lowest BCUT2D eigenvalue weighted by Gasteiger charge is -2.18. The molecule has 0 amide bonds. The van der Waals surface area contributed by atoms with Gasteiger partial charge in [0.25, 0.3) is 0 Å². The van der Waals surface area contributed by atoms with Gasteiger partial charge in [-0.05, 0) is 128 Å². The van der Waals surface area contributed by atoms with Gasteiger partial charge in [-0.15, -0.1) is 0 Å². The Morgan fingerprint density at radius 3 is 0.813 bits per heavy atom. The Bertz CT molecular complexity index is 1570. The molecule has 0 heterocycles. The first-order chi connectivity index (χ1) is 37.0. The summed E-state index contributed by atoms with van der Waals surface area (Å²) in [6.07, 6.45) is 86.2. The second kappa shape index (κ2) is 62.4. The van der Waals surface area contributed by atoms with Gasteiger partial charge in [-0.3, -0.25) is 14.4 Å². The highest BCUT2D eigenvalue weighted by atomic mass is 16.6. The minimum Gasteiger partial charge on any atom is -0.462 e. The molecule has 0 radical (unpaired) electrons. The fourth-order valence-electron chi connectivity index (χ4n) is 8.34. The Labute approximate surface area is 462 Å². The molecule has 6 heteroatoms. The van der Waals surface area contributed by atoms with E-state index in [1.165, 1.54) is 89.9 Å². The van der Waals surface area contributed by atoms with E-state index in [-0.39, 0.29) is 31.1 Å². The number of hydrogen-bond donors (Lipinski definition) is 0. The number of carbonyl (C=O) groups is 3. The summed E-state index contributed by atoms with van der Waals surface area (Å²) < 4.78 is 16.9. The van der Waals surface area contributed by atoms with E-state index in [0.717, 1.165) is 148 Å². The van der Waals surface area contributed by atoms with Gasteiger partial charge in [0, 0.05) is 19.3 Å². The van der Waals surface area contributed by atoms with Crippen molar-refractivity contribution in [3.05, 3.63) is 122 Å². The number of unbranched alkanes of at least 4 members (excludes halogenated alkanes) is 24. The van der Waals surface area contributed by atoms with Crippen LogP contribution in [0.1, 0.15) is 278 Å². The standard InChI is InChI=1S/C69H114O6/c1-4-7-10-13-16-19-22-25-28-30-32-34-36-38-41-44-47-50-53-56-59-62-68(71)74-65-66(64-73-67(70)61-58-55-52-49-46-43-40-27-24-21-18-15-12-9-6-3)75-69(72)63-60-57-54-51-48-45-42-39-37-35-33-31-29-26-23-20-17-14-11-8-5-2/h7-8,10-11,16-21,25-29,32-35,40,66H,4-6,9,12-15,22-24,30-31,36-39,41-65H2,1-3H3/b10-7-,11-8-,19-16-,20-17-,21-18-,28-25-,29-26-,34-32-,35-33-,40-27-. The predicted molar refractivity (Wildman–Crippen MR) is 325 cm³/mol. The summed E-state index contributed by atoms with van der Waals surface area (Å²) in [5.74, 6) is -0.918. The lowest BCUT2D eigenvalue weighted by Crippen LogP contribution is -2.30. The molecule has 0 rings (SSSR count). The van der Waals surface area contributed by atoms with E-state index in [2.05, 4.69) is 142 Å². The lowest BCUT2D eigenvalue weighted by atomic mass is 10.1. The molecule has 1 atom stereocenters. The van der Waals surface area contributed by atoms with Crippen molar-refractivity contribution >= 4 is 17.9 Å². The van der Waals surface area contributed by atoms with Gasteiger partial charge >= 0.3 is 17.9 Å². The normalized spacial score (nSPS) is 12.9. The zero-order valence-corrected chi connectivity index (χ0v) is 48.8. The molecule has 0 N–H and O–H groups in total. The predicted octanol–water partition coefficient (Wildman–Crippen LogP) is 21.2. The summed E-state index contributed by atoms with van der Waals surface area (Å²) in [5.41, 5.74) is 0. The van der Waals surface area contributed by atoms with Crippen LogP contribution in [0.2, 0.25) is 0 Å². The molecule has 0 saturated carbocycles. The summed E-state index contributed by atoms with van der Waals surface area (Å²) in [6.45, 7) is 6.37. The number of hydrogen-bond acceptors (Lipinski definition) is 6. The van der Waals surface area contributed by atoms with Gasteiger partial charge in [0.05, 0.1) is 0 Å². The van der Waals surface area contributed by atoms with Gasteiger partial charge in [0.1, 0.15) is 13.2 Å². The minimum absolute atomic E-state index is 0.0925. The first-order valence-corrected chi connectivity index (χ1v) is 31.0. The third kappa shape index (κ3) is 60.6. The average Bonchev–Trinajstić information content (AvgIpc) is 3.41. The van der Waals surface area contributed by atoms with Crippen molar-refractivity contribution in [3.63, 3.8) is 0 Å². The van der Waals surface area contributed by atoms with Crippen LogP contribution in [0.3, 0.4) is 0 Å². The maximum atomic E-state index is 12.9. The average molecular weight is 1040 g/mol.